The number of hydrogen-bond donors (Lipinski definition) is 1. The summed E-state index contributed by atoms with van der Waals surface area (Å²) in [6, 6.07) is 8.44. The van der Waals surface area contributed by atoms with Gasteiger partial charge >= 0.3 is 0 Å². The molecule has 1 aromatic heterocycles. The Morgan fingerprint density at radius 2 is 1.50 bits per heavy atom. The molecule has 1 N–H and O–H groups in total. The van der Waals surface area contributed by atoms with Crippen molar-refractivity contribution in [2.24, 2.45) is 0 Å². The van der Waals surface area contributed by atoms with Gasteiger partial charge in [0.15, 0.2) is 5.82 Å². The number of nitrogens with one attached hydrogen (secondary N) is 1. The second-order valence-electron chi connectivity index (χ2n) is 5.37. The van der Waals surface area contributed by atoms with Crippen molar-refractivity contribution >= 4 is 5.69 Å². The van der Waals surface area contributed by atoms with Gasteiger partial charge in [-0.2, -0.15) is 0 Å². The highest BCUT2D eigenvalue weighted by molar-refractivity contribution is 5.56. The van der Waals surface area contributed by atoms with E-state index in [-0.39, 0.29) is 5.41 Å². The molecule has 18 heavy (non-hydrogen) atoms. The van der Waals surface area contributed by atoms with Crippen LogP contribution in [-0.2, 0) is 5.41 Å². The normalized spacial score (nSPS) is 11.3. The van der Waals surface area contributed by atoms with Crippen molar-refractivity contribution in [3.8, 4) is 11.4 Å². The maximum atomic E-state index is 4.34. The molecular weight excluding hydrogens is 222 g/mol. The number of aromatic nitrogens is 2. The van der Waals surface area contributed by atoms with Crippen LogP contribution in [0.1, 0.15) is 26.3 Å². The number of rotatable bonds is 2. The van der Waals surface area contributed by atoms with Crippen molar-refractivity contribution in [2.75, 3.05) is 12.4 Å². The molecule has 0 unspecified atom stereocenters. The third-order valence-corrected chi connectivity index (χ3v) is 2.95. The summed E-state index contributed by atoms with van der Waals surface area (Å²) in [6.07, 6.45) is 3.58. The zero-order valence-corrected chi connectivity index (χ0v) is 11.4. The SMILES string of the molecule is CNc1cnc(-c2ccc(C(C)(C)C)cc2)nc1. The van der Waals surface area contributed by atoms with E-state index in [4.69, 9.17) is 0 Å². The third-order valence-electron chi connectivity index (χ3n) is 2.95. The molecule has 3 heteroatoms. The summed E-state index contributed by atoms with van der Waals surface area (Å²) in [6.45, 7) is 6.63. The maximum Gasteiger partial charge on any atom is 0.159 e. The molecule has 0 aliphatic carbocycles. The lowest BCUT2D eigenvalue weighted by atomic mass is 9.87. The molecule has 1 heterocycles. The van der Waals surface area contributed by atoms with Crippen LogP contribution >= 0.6 is 0 Å². The molecule has 0 aliphatic heterocycles. The Balaban J connectivity index is 2.28. The van der Waals surface area contributed by atoms with Gasteiger partial charge in [-0.3, -0.25) is 0 Å². The molecule has 0 saturated carbocycles. The summed E-state index contributed by atoms with van der Waals surface area (Å²) >= 11 is 0. The largest absolute Gasteiger partial charge is 0.386 e. The van der Waals surface area contributed by atoms with Crippen molar-refractivity contribution in [3.63, 3.8) is 0 Å². The van der Waals surface area contributed by atoms with Crippen LogP contribution in [-0.4, -0.2) is 17.0 Å². The summed E-state index contributed by atoms with van der Waals surface area (Å²) in [5.41, 5.74) is 3.46. The number of benzene rings is 1. The zero-order valence-electron chi connectivity index (χ0n) is 11.4. The Morgan fingerprint density at radius 1 is 0.944 bits per heavy atom. The average Bonchev–Trinajstić information content (AvgIpc) is 2.38. The van der Waals surface area contributed by atoms with E-state index < -0.39 is 0 Å². The average molecular weight is 241 g/mol. The second-order valence-corrected chi connectivity index (χ2v) is 5.37. The van der Waals surface area contributed by atoms with E-state index in [0.717, 1.165) is 17.1 Å². The van der Waals surface area contributed by atoms with E-state index in [1.165, 1.54) is 5.56 Å². The van der Waals surface area contributed by atoms with E-state index in [1.54, 1.807) is 12.4 Å². The topological polar surface area (TPSA) is 37.8 Å². The molecule has 0 atom stereocenters. The van der Waals surface area contributed by atoms with Gasteiger partial charge in [0.05, 0.1) is 18.1 Å². The first kappa shape index (κ1) is 12.6. The molecule has 0 fully saturated rings. The number of nitrogens with zero attached hydrogens (tertiary/aromatic N) is 2. The Hall–Kier alpha value is -1.90. The third kappa shape index (κ3) is 2.67. The molecule has 2 rings (SSSR count). The molecule has 0 amide bonds. The van der Waals surface area contributed by atoms with Gasteiger partial charge < -0.3 is 5.32 Å². The second kappa shape index (κ2) is 4.77. The van der Waals surface area contributed by atoms with Gasteiger partial charge in [-0.05, 0) is 11.0 Å². The van der Waals surface area contributed by atoms with Crippen molar-refractivity contribution < 1.29 is 0 Å². The molecule has 0 radical (unpaired) electrons. The van der Waals surface area contributed by atoms with Gasteiger partial charge in [0.25, 0.3) is 0 Å². The Bertz CT molecular complexity index is 507. The van der Waals surface area contributed by atoms with Crippen LogP contribution in [0.4, 0.5) is 5.69 Å². The van der Waals surface area contributed by atoms with Crippen LogP contribution in [0.3, 0.4) is 0 Å². The number of hydrogen-bond acceptors (Lipinski definition) is 3. The zero-order chi connectivity index (χ0) is 13.2. The molecular formula is C15H19N3. The summed E-state index contributed by atoms with van der Waals surface area (Å²) < 4.78 is 0. The van der Waals surface area contributed by atoms with Gasteiger partial charge in [0.1, 0.15) is 0 Å². The molecule has 0 aliphatic rings. The quantitative estimate of drug-likeness (QED) is 0.874. The predicted molar refractivity (Wildman–Crippen MR) is 75.7 cm³/mol. The van der Waals surface area contributed by atoms with Crippen molar-refractivity contribution in [1.29, 1.82) is 0 Å². The molecule has 0 saturated heterocycles. The highest BCUT2D eigenvalue weighted by Crippen LogP contribution is 2.24. The minimum absolute atomic E-state index is 0.176. The lowest BCUT2D eigenvalue weighted by Crippen LogP contribution is -2.10. The van der Waals surface area contributed by atoms with E-state index in [2.05, 4.69) is 60.3 Å². The Labute approximate surface area is 108 Å². The Kier molecular flexibility index (Phi) is 3.32. The standard InChI is InChI=1S/C15H19N3/c1-15(2,3)12-7-5-11(6-8-12)14-17-9-13(16-4)10-18-14/h5-10,16H,1-4H3. The van der Waals surface area contributed by atoms with Gasteiger partial charge in [-0.1, -0.05) is 45.0 Å². The van der Waals surface area contributed by atoms with Gasteiger partial charge in [0, 0.05) is 12.6 Å². The summed E-state index contributed by atoms with van der Waals surface area (Å²) in [4.78, 5) is 8.68. The van der Waals surface area contributed by atoms with E-state index in [1.807, 2.05) is 7.05 Å². The maximum absolute atomic E-state index is 4.34. The minimum atomic E-state index is 0.176. The van der Waals surface area contributed by atoms with E-state index in [9.17, 15) is 0 Å². The van der Waals surface area contributed by atoms with Gasteiger partial charge in [-0.25, -0.2) is 9.97 Å². The van der Waals surface area contributed by atoms with Crippen LogP contribution in [0, 0.1) is 0 Å². The van der Waals surface area contributed by atoms with Gasteiger partial charge in [-0.15, -0.1) is 0 Å². The Morgan fingerprint density at radius 3 is 1.94 bits per heavy atom. The highest BCUT2D eigenvalue weighted by atomic mass is 14.9. The number of anilines is 1. The monoisotopic (exact) mass is 241 g/mol. The van der Waals surface area contributed by atoms with Crippen LogP contribution in [0.25, 0.3) is 11.4 Å². The van der Waals surface area contributed by atoms with E-state index in [0.29, 0.717) is 0 Å². The van der Waals surface area contributed by atoms with Crippen LogP contribution in [0.15, 0.2) is 36.7 Å². The fourth-order valence-corrected chi connectivity index (χ4v) is 1.73. The molecule has 0 spiro atoms. The summed E-state index contributed by atoms with van der Waals surface area (Å²) in [5, 5.41) is 3.01. The summed E-state index contributed by atoms with van der Waals surface area (Å²) in [5.74, 6) is 0.759. The van der Waals surface area contributed by atoms with Crippen LogP contribution < -0.4 is 5.32 Å². The van der Waals surface area contributed by atoms with Gasteiger partial charge in [0.2, 0.25) is 0 Å². The van der Waals surface area contributed by atoms with Crippen LogP contribution in [0.2, 0.25) is 0 Å². The lowest BCUT2D eigenvalue weighted by Gasteiger charge is -2.18. The predicted octanol–water partition coefficient (Wildman–Crippen LogP) is 3.48. The lowest BCUT2D eigenvalue weighted by molar-refractivity contribution is 0.590. The first-order valence-corrected chi connectivity index (χ1v) is 6.11. The van der Waals surface area contributed by atoms with Crippen molar-refractivity contribution in [3.05, 3.63) is 42.2 Å². The fourth-order valence-electron chi connectivity index (χ4n) is 1.73. The highest BCUT2D eigenvalue weighted by Gasteiger charge is 2.13. The molecule has 0 bridgehead atoms. The molecule has 2 aromatic rings. The smallest absolute Gasteiger partial charge is 0.159 e. The first-order valence-electron chi connectivity index (χ1n) is 6.11. The minimum Gasteiger partial charge on any atom is -0.386 e. The first-order chi connectivity index (χ1) is 8.50. The molecule has 94 valence electrons. The molecule has 3 nitrogen and oxygen atoms in total. The van der Waals surface area contributed by atoms with Crippen molar-refractivity contribution in [1.82, 2.24) is 9.97 Å². The fraction of sp³-hybridized carbons (Fsp3) is 0.333. The molecule has 1 aromatic carbocycles. The van der Waals surface area contributed by atoms with Crippen molar-refractivity contribution in [2.45, 2.75) is 26.2 Å². The summed E-state index contributed by atoms with van der Waals surface area (Å²) in [7, 11) is 1.86. The van der Waals surface area contributed by atoms with Crippen LogP contribution in [0.5, 0.6) is 0 Å². The van der Waals surface area contributed by atoms with E-state index >= 15 is 0 Å².